The summed E-state index contributed by atoms with van der Waals surface area (Å²) in [4.78, 5) is 62.9. The first-order chi connectivity index (χ1) is 28.7. The van der Waals surface area contributed by atoms with Crippen molar-refractivity contribution >= 4 is 57.5 Å². The lowest BCUT2D eigenvalue weighted by molar-refractivity contribution is -0.146. The molecule has 2 fully saturated rings. The molecule has 3 unspecified atom stereocenters. The fourth-order valence-corrected chi connectivity index (χ4v) is 9.46. The lowest BCUT2D eigenvalue weighted by Gasteiger charge is -2.38. The third-order valence-electron chi connectivity index (χ3n) is 11.5. The van der Waals surface area contributed by atoms with Crippen LogP contribution in [0.5, 0.6) is 11.5 Å². The van der Waals surface area contributed by atoms with E-state index in [1.54, 1.807) is 41.5 Å². The number of carbonyl (C=O) groups excluding carboxylic acids is 4. The van der Waals surface area contributed by atoms with Crippen molar-refractivity contribution in [3.05, 3.63) is 71.0 Å². The Bertz CT molecular complexity index is 2390. The monoisotopic (exact) mass is 858 g/mol. The molecular weight excluding hydrogens is 804 g/mol. The topological polar surface area (TPSA) is 156 Å². The number of hydrogen-bond donors (Lipinski definition) is 0. The number of aromatic nitrogens is 2. The zero-order valence-corrected chi connectivity index (χ0v) is 37.3. The van der Waals surface area contributed by atoms with Crippen LogP contribution >= 0.6 is 11.6 Å². The number of fused-ring (bicyclic) bond motifs is 6. The number of para-hydroxylation sites is 2. The van der Waals surface area contributed by atoms with Crippen LogP contribution in [-0.2, 0) is 35.0 Å². The third-order valence-corrected chi connectivity index (χ3v) is 11.9. The van der Waals surface area contributed by atoms with Crippen LogP contribution in [0.15, 0.2) is 48.5 Å². The number of aryl methyl sites for hydroxylation is 3. The summed E-state index contributed by atoms with van der Waals surface area (Å²) in [5.74, 6) is 0.423. The molecule has 5 atom stereocenters. The van der Waals surface area contributed by atoms with Crippen molar-refractivity contribution in [1.29, 1.82) is 0 Å². The number of hydrogen-bond acceptors (Lipinski definition) is 12. The molecule has 0 N–H and O–H groups in total. The Kier molecular flexibility index (Phi) is 11.6. The van der Waals surface area contributed by atoms with Crippen molar-refractivity contribution in [2.45, 2.75) is 127 Å². The van der Waals surface area contributed by atoms with Gasteiger partial charge in [-0.2, -0.15) is 0 Å². The second kappa shape index (κ2) is 16.2. The first-order valence-electron chi connectivity index (χ1n) is 20.6. The van der Waals surface area contributed by atoms with Crippen molar-refractivity contribution in [2.75, 3.05) is 27.3 Å². The second-order valence-corrected chi connectivity index (χ2v) is 19.0. The van der Waals surface area contributed by atoms with Gasteiger partial charge in [-0.3, -0.25) is 9.80 Å². The molecule has 4 aliphatic heterocycles. The van der Waals surface area contributed by atoms with E-state index < -0.39 is 58.6 Å². The maximum absolute atomic E-state index is 12.9. The molecule has 0 aliphatic carbocycles. The van der Waals surface area contributed by atoms with Crippen LogP contribution in [0.4, 0.5) is 9.59 Å². The molecule has 15 heteroatoms. The molecule has 61 heavy (non-hydrogen) atoms. The average molecular weight is 859 g/mol. The van der Waals surface area contributed by atoms with Crippen molar-refractivity contribution in [1.82, 2.24) is 19.8 Å². The summed E-state index contributed by atoms with van der Waals surface area (Å²) in [7, 11) is 2.64. The Morgan fingerprint density at radius 3 is 1.69 bits per heavy atom. The SMILES string of the molecule is COC(=O)[C@@H]1CC2(CC(Cl)c3c(c(C)nc4ccccc34)O2)CN1C(=O)OC(C)(C)C.COC(=O)[C@@H]1CC2(CCc3c(c(C)nc4ccccc34)O2)CN1C(=O)OC(C)(C)C. The Balaban J connectivity index is 0.000000184. The summed E-state index contributed by atoms with van der Waals surface area (Å²) in [6.45, 7) is 15.0. The molecule has 326 valence electrons. The number of likely N-dealkylation sites (tertiary alicyclic amines) is 2. The molecule has 8 rings (SSSR count). The number of amides is 2. The van der Waals surface area contributed by atoms with Crippen LogP contribution in [0.3, 0.4) is 0 Å². The van der Waals surface area contributed by atoms with E-state index >= 15 is 0 Å². The van der Waals surface area contributed by atoms with E-state index in [2.05, 4.69) is 11.1 Å². The van der Waals surface area contributed by atoms with Crippen molar-refractivity contribution in [3.8, 4) is 11.5 Å². The van der Waals surface area contributed by atoms with E-state index in [0.717, 1.165) is 56.5 Å². The van der Waals surface area contributed by atoms with Crippen molar-refractivity contribution < 1.29 is 47.6 Å². The highest BCUT2D eigenvalue weighted by atomic mass is 35.5. The molecular formula is C46H55ClN4O10. The van der Waals surface area contributed by atoms with Gasteiger partial charge < -0.3 is 28.4 Å². The van der Waals surface area contributed by atoms with Gasteiger partial charge in [-0.1, -0.05) is 36.4 Å². The average Bonchev–Trinajstić information content (AvgIpc) is 3.75. The standard InChI is InChI=1S/C23H27ClN2O5.C23H28N2O5/c1-13-19-18(14-8-6-7-9-16(14)25-13)15(24)10-23(30-19)11-17(20(27)29-5)26(12-23)21(28)31-22(2,3)4;1-14-19-16(15-8-6-7-9-17(15)24-14)10-11-23(29-19)12-18(20(26)28-5)25(13-23)21(27)30-22(2,3)4/h6-9,15,17H,10-12H2,1-5H3;6-9,18H,10-13H2,1-5H3/t15?,17-,23?;18-,23?/m00/s1. The van der Waals surface area contributed by atoms with Gasteiger partial charge in [-0.15, -0.1) is 11.6 Å². The van der Waals surface area contributed by atoms with Crippen molar-refractivity contribution in [3.63, 3.8) is 0 Å². The molecule has 0 bridgehead atoms. The summed E-state index contributed by atoms with van der Waals surface area (Å²) in [6, 6.07) is 14.3. The largest absolute Gasteiger partial charge is 0.483 e. The fourth-order valence-electron chi connectivity index (χ4n) is 8.97. The van der Waals surface area contributed by atoms with Gasteiger partial charge in [0.25, 0.3) is 0 Å². The number of esters is 2. The fraction of sp³-hybridized carbons (Fsp3) is 0.522. The van der Waals surface area contributed by atoms with Crippen LogP contribution in [0, 0.1) is 13.8 Å². The molecule has 4 aliphatic rings. The minimum absolute atomic E-state index is 0.177. The third kappa shape index (κ3) is 8.73. The predicted octanol–water partition coefficient (Wildman–Crippen LogP) is 8.32. The Hall–Kier alpha value is -5.37. The van der Waals surface area contributed by atoms with Crippen LogP contribution in [0.25, 0.3) is 21.8 Å². The van der Waals surface area contributed by atoms with Crippen LogP contribution in [-0.4, -0.2) is 106 Å². The first-order valence-corrected chi connectivity index (χ1v) is 21.0. The van der Waals surface area contributed by atoms with E-state index in [9.17, 15) is 19.2 Å². The van der Waals surface area contributed by atoms with Gasteiger partial charge >= 0.3 is 24.1 Å². The van der Waals surface area contributed by atoms with Gasteiger partial charge in [-0.25, -0.2) is 29.1 Å². The summed E-state index contributed by atoms with van der Waals surface area (Å²) in [5.41, 5.74) is 2.53. The summed E-state index contributed by atoms with van der Waals surface area (Å²) in [6.07, 6.45) is 1.46. The van der Waals surface area contributed by atoms with Gasteiger partial charge in [0.1, 0.15) is 46.0 Å². The number of benzene rings is 2. The number of methoxy groups -OCH3 is 2. The normalized spacial score (nSPS) is 24.3. The summed E-state index contributed by atoms with van der Waals surface area (Å²) >= 11 is 6.90. The van der Waals surface area contributed by atoms with E-state index in [-0.39, 0.29) is 24.9 Å². The van der Waals surface area contributed by atoms with Gasteiger partial charge in [0.05, 0.1) is 55.1 Å². The summed E-state index contributed by atoms with van der Waals surface area (Å²) < 4.78 is 34.1. The molecule has 2 spiro atoms. The number of nitrogens with zero attached hydrogens (tertiary/aromatic N) is 4. The Morgan fingerprint density at radius 1 is 0.689 bits per heavy atom. The molecule has 4 aromatic rings. The Labute approximate surface area is 361 Å². The van der Waals surface area contributed by atoms with E-state index in [1.807, 2.05) is 56.3 Å². The molecule has 2 saturated heterocycles. The lowest BCUT2D eigenvalue weighted by Crippen LogP contribution is -2.46. The number of ether oxygens (including phenoxy) is 6. The predicted molar refractivity (Wildman–Crippen MR) is 228 cm³/mol. The zero-order chi connectivity index (χ0) is 44.2. The van der Waals surface area contributed by atoms with Crippen LogP contribution in [0.2, 0.25) is 0 Å². The van der Waals surface area contributed by atoms with E-state index in [0.29, 0.717) is 25.0 Å². The first kappa shape index (κ1) is 43.7. The zero-order valence-electron chi connectivity index (χ0n) is 36.5. The summed E-state index contributed by atoms with van der Waals surface area (Å²) in [5, 5.41) is 1.68. The molecule has 6 heterocycles. The maximum Gasteiger partial charge on any atom is 0.411 e. The Morgan fingerprint density at radius 2 is 1.15 bits per heavy atom. The number of alkyl halides is 1. The molecule has 2 amide bonds. The lowest BCUT2D eigenvalue weighted by atomic mass is 9.87. The number of halogens is 1. The van der Waals surface area contributed by atoms with E-state index in [4.69, 9.17) is 45.0 Å². The highest BCUT2D eigenvalue weighted by molar-refractivity contribution is 6.22. The second-order valence-electron chi connectivity index (χ2n) is 18.4. The molecule has 2 aromatic heterocycles. The van der Waals surface area contributed by atoms with Crippen LogP contribution < -0.4 is 9.47 Å². The molecule has 2 aromatic carbocycles. The number of rotatable bonds is 2. The molecule has 0 saturated carbocycles. The number of carbonyl (C=O) groups is 4. The van der Waals surface area contributed by atoms with Gasteiger partial charge in [0.15, 0.2) is 0 Å². The minimum atomic E-state index is -0.829. The minimum Gasteiger partial charge on any atom is -0.483 e. The van der Waals surface area contributed by atoms with Gasteiger partial charge in [0, 0.05) is 41.2 Å². The molecule has 14 nitrogen and oxygen atoms in total. The van der Waals surface area contributed by atoms with Crippen molar-refractivity contribution in [2.24, 2.45) is 0 Å². The quantitative estimate of drug-likeness (QED) is 0.108. The molecule has 0 radical (unpaired) electrons. The highest BCUT2D eigenvalue weighted by Crippen LogP contribution is 2.51. The highest BCUT2D eigenvalue weighted by Gasteiger charge is 2.56. The number of pyridine rings is 2. The van der Waals surface area contributed by atoms with Gasteiger partial charge in [-0.05, 0) is 80.4 Å². The smallest absolute Gasteiger partial charge is 0.411 e. The van der Waals surface area contributed by atoms with Crippen LogP contribution in [0.1, 0.15) is 95.1 Å². The maximum atomic E-state index is 12.9. The van der Waals surface area contributed by atoms with E-state index in [1.165, 1.54) is 24.0 Å². The van der Waals surface area contributed by atoms with Gasteiger partial charge in [0.2, 0.25) is 0 Å².